The van der Waals surface area contributed by atoms with Gasteiger partial charge in [-0.2, -0.15) is 0 Å². The average Bonchev–Trinajstić information content (AvgIpc) is 2.76. The zero-order valence-electron chi connectivity index (χ0n) is 18.3. The summed E-state index contributed by atoms with van der Waals surface area (Å²) < 4.78 is 25.6. The molecule has 10 heteroatoms. The molecule has 1 amide bonds. The van der Waals surface area contributed by atoms with Crippen LogP contribution in [0.5, 0.6) is 0 Å². The van der Waals surface area contributed by atoms with E-state index in [9.17, 15) is 23.3 Å². The van der Waals surface area contributed by atoms with Crippen molar-refractivity contribution in [3.63, 3.8) is 0 Å². The zero-order chi connectivity index (χ0) is 23.3. The Bertz CT molecular complexity index is 1080. The fourth-order valence-electron chi connectivity index (χ4n) is 3.72. The number of carbonyl (C=O) groups is 1. The molecule has 0 atom stereocenters. The van der Waals surface area contributed by atoms with Gasteiger partial charge < -0.3 is 10.2 Å². The van der Waals surface area contributed by atoms with E-state index in [4.69, 9.17) is 0 Å². The van der Waals surface area contributed by atoms with Crippen LogP contribution in [0.1, 0.15) is 30.4 Å². The van der Waals surface area contributed by atoms with Crippen molar-refractivity contribution in [2.45, 2.75) is 32.7 Å². The third kappa shape index (κ3) is 5.97. The maximum absolute atomic E-state index is 12.5. The van der Waals surface area contributed by atoms with Crippen molar-refractivity contribution in [2.75, 3.05) is 35.1 Å². The number of rotatable bonds is 8. The number of anilines is 2. The number of hydrogen-bond donors (Lipinski definition) is 1. The van der Waals surface area contributed by atoms with Crippen molar-refractivity contribution in [1.82, 2.24) is 5.32 Å². The largest absolute Gasteiger partial charge is 0.372 e. The van der Waals surface area contributed by atoms with E-state index in [1.165, 1.54) is 37.5 Å². The Kier molecular flexibility index (Phi) is 7.34. The minimum Gasteiger partial charge on any atom is -0.372 e. The topological polar surface area (TPSA) is 113 Å². The molecule has 0 unspecified atom stereocenters. The number of nitrogens with one attached hydrogen (secondary N) is 1. The van der Waals surface area contributed by atoms with Crippen LogP contribution in [0.3, 0.4) is 0 Å². The number of amides is 1. The Morgan fingerprint density at radius 3 is 2.38 bits per heavy atom. The second kappa shape index (κ2) is 9.99. The first-order chi connectivity index (χ1) is 15.1. The van der Waals surface area contributed by atoms with Crippen LogP contribution in [0, 0.1) is 17.0 Å². The van der Waals surface area contributed by atoms with Crippen LogP contribution in [0.25, 0.3) is 0 Å². The highest BCUT2D eigenvalue weighted by atomic mass is 32.2. The lowest BCUT2D eigenvalue weighted by atomic mass is 10.1. The number of piperidine rings is 1. The van der Waals surface area contributed by atoms with Crippen molar-refractivity contribution in [3.8, 4) is 0 Å². The number of carbonyl (C=O) groups excluding carboxylic acids is 1. The van der Waals surface area contributed by atoms with E-state index >= 15 is 0 Å². The molecule has 0 spiro atoms. The van der Waals surface area contributed by atoms with Crippen LogP contribution in [0.2, 0.25) is 0 Å². The number of aryl methyl sites for hydroxylation is 1. The van der Waals surface area contributed by atoms with Gasteiger partial charge in [-0.3, -0.25) is 19.2 Å². The Morgan fingerprint density at radius 1 is 1.12 bits per heavy atom. The summed E-state index contributed by atoms with van der Waals surface area (Å²) in [6.07, 6.45) is 4.62. The lowest BCUT2D eigenvalue weighted by molar-refractivity contribution is -0.384. The summed E-state index contributed by atoms with van der Waals surface area (Å²) in [6, 6.07) is 11.9. The molecular weight excluding hydrogens is 432 g/mol. The van der Waals surface area contributed by atoms with Gasteiger partial charge in [-0.05, 0) is 49.4 Å². The van der Waals surface area contributed by atoms with Crippen LogP contribution in [-0.2, 0) is 21.4 Å². The molecule has 2 aromatic rings. The summed E-state index contributed by atoms with van der Waals surface area (Å²) in [5.74, 6) is -0.499. The van der Waals surface area contributed by atoms with Crippen LogP contribution in [0.4, 0.5) is 17.1 Å². The van der Waals surface area contributed by atoms with Crippen LogP contribution < -0.4 is 14.5 Å². The summed E-state index contributed by atoms with van der Waals surface area (Å²) >= 11 is 0. The molecule has 1 heterocycles. The molecule has 0 radical (unpaired) electrons. The highest BCUT2D eigenvalue weighted by Crippen LogP contribution is 2.27. The predicted molar refractivity (Wildman–Crippen MR) is 124 cm³/mol. The van der Waals surface area contributed by atoms with E-state index in [-0.39, 0.29) is 17.9 Å². The number of nitrogens with zero attached hydrogens (tertiary/aromatic N) is 3. The lowest BCUT2D eigenvalue weighted by Crippen LogP contribution is -2.40. The fraction of sp³-hybridized carbons (Fsp3) is 0.409. The Balaban J connectivity index is 1.66. The van der Waals surface area contributed by atoms with Gasteiger partial charge in [-0.25, -0.2) is 8.42 Å². The Hall–Kier alpha value is -3.14. The molecule has 0 saturated carbocycles. The first-order valence-electron chi connectivity index (χ1n) is 10.5. The number of sulfonamides is 1. The maximum atomic E-state index is 12.5. The van der Waals surface area contributed by atoms with Crippen molar-refractivity contribution >= 4 is 33.0 Å². The molecule has 172 valence electrons. The number of non-ortho nitro benzene ring substituents is 1. The Labute approximate surface area is 188 Å². The molecule has 1 aliphatic rings. The minimum atomic E-state index is -3.83. The van der Waals surface area contributed by atoms with E-state index in [1.54, 1.807) is 6.92 Å². The number of nitro groups is 1. The van der Waals surface area contributed by atoms with Gasteiger partial charge in [0, 0.05) is 37.5 Å². The van der Waals surface area contributed by atoms with E-state index < -0.39 is 27.4 Å². The summed E-state index contributed by atoms with van der Waals surface area (Å²) in [6.45, 7) is 3.53. The van der Waals surface area contributed by atoms with E-state index in [0.717, 1.165) is 34.9 Å². The molecule has 3 rings (SSSR count). The standard InChI is InChI=1S/C22H28N4O5S/c1-17-6-9-20(26(28)29)14-21(17)25(32(2,30)31)16-22(27)23-15-18-7-10-19(11-8-18)24-12-4-3-5-13-24/h6-11,14H,3-5,12-13,15-16H2,1-2H3,(H,23,27). The molecule has 1 N–H and O–H groups in total. The van der Waals surface area contributed by atoms with Crippen LogP contribution in [-0.4, -0.2) is 45.1 Å². The molecule has 0 aromatic heterocycles. The SMILES string of the molecule is Cc1ccc([N+](=O)[O-])cc1N(CC(=O)NCc1ccc(N2CCCCC2)cc1)S(C)(=O)=O. The molecule has 0 bridgehead atoms. The summed E-state index contributed by atoms with van der Waals surface area (Å²) in [5, 5.41) is 13.8. The molecule has 1 aliphatic heterocycles. The van der Waals surface area contributed by atoms with Gasteiger partial charge in [0.15, 0.2) is 0 Å². The zero-order valence-corrected chi connectivity index (χ0v) is 19.1. The fourth-order valence-corrected chi connectivity index (χ4v) is 4.63. The molecule has 1 saturated heterocycles. The monoisotopic (exact) mass is 460 g/mol. The van der Waals surface area contributed by atoms with Crippen LogP contribution >= 0.6 is 0 Å². The van der Waals surface area contributed by atoms with Crippen molar-refractivity contribution < 1.29 is 18.1 Å². The van der Waals surface area contributed by atoms with Crippen LogP contribution in [0.15, 0.2) is 42.5 Å². The lowest BCUT2D eigenvalue weighted by Gasteiger charge is -2.28. The number of nitro benzene ring substituents is 1. The molecule has 32 heavy (non-hydrogen) atoms. The highest BCUT2D eigenvalue weighted by molar-refractivity contribution is 7.92. The van der Waals surface area contributed by atoms with Crippen molar-refractivity contribution in [2.24, 2.45) is 0 Å². The third-order valence-electron chi connectivity index (χ3n) is 5.51. The van der Waals surface area contributed by atoms with Crippen molar-refractivity contribution in [1.29, 1.82) is 0 Å². The average molecular weight is 461 g/mol. The normalized spacial score (nSPS) is 14.1. The summed E-state index contributed by atoms with van der Waals surface area (Å²) in [4.78, 5) is 25.4. The second-order valence-electron chi connectivity index (χ2n) is 7.99. The third-order valence-corrected chi connectivity index (χ3v) is 6.63. The maximum Gasteiger partial charge on any atom is 0.271 e. The number of hydrogen-bond acceptors (Lipinski definition) is 6. The molecule has 0 aliphatic carbocycles. The Morgan fingerprint density at radius 2 is 1.78 bits per heavy atom. The minimum absolute atomic E-state index is 0.114. The van der Waals surface area contributed by atoms with Gasteiger partial charge in [-0.15, -0.1) is 0 Å². The summed E-state index contributed by atoms with van der Waals surface area (Å²) in [7, 11) is -3.83. The molecule has 1 fully saturated rings. The van der Waals surface area contributed by atoms with Gasteiger partial charge in [0.25, 0.3) is 5.69 Å². The molecular formula is C22H28N4O5S. The van der Waals surface area contributed by atoms with Gasteiger partial charge in [-0.1, -0.05) is 18.2 Å². The first kappa shape index (κ1) is 23.5. The van der Waals surface area contributed by atoms with E-state index in [1.807, 2.05) is 24.3 Å². The quantitative estimate of drug-likeness (QED) is 0.479. The van der Waals surface area contributed by atoms with Gasteiger partial charge in [0.1, 0.15) is 6.54 Å². The van der Waals surface area contributed by atoms with Gasteiger partial charge >= 0.3 is 0 Å². The van der Waals surface area contributed by atoms with Gasteiger partial charge in [0.2, 0.25) is 15.9 Å². The number of benzene rings is 2. The van der Waals surface area contributed by atoms with E-state index in [0.29, 0.717) is 5.56 Å². The highest BCUT2D eigenvalue weighted by Gasteiger charge is 2.24. The second-order valence-corrected chi connectivity index (χ2v) is 9.90. The summed E-state index contributed by atoms with van der Waals surface area (Å²) in [5.41, 5.74) is 2.44. The first-order valence-corrected chi connectivity index (χ1v) is 12.3. The predicted octanol–water partition coefficient (Wildman–Crippen LogP) is 2.98. The molecule has 2 aromatic carbocycles. The van der Waals surface area contributed by atoms with Gasteiger partial charge in [0.05, 0.1) is 16.9 Å². The van der Waals surface area contributed by atoms with E-state index in [2.05, 4.69) is 10.2 Å². The van der Waals surface area contributed by atoms with Crippen molar-refractivity contribution in [3.05, 3.63) is 63.7 Å². The molecule has 9 nitrogen and oxygen atoms in total. The smallest absolute Gasteiger partial charge is 0.271 e.